The van der Waals surface area contributed by atoms with Gasteiger partial charge in [-0.15, -0.1) is 11.3 Å². The number of para-hydroxylation sites is 1. The second kappa shape index (κ2) is 10.1. The predicted octanol–water partition coefficient (Wildman–Crippen LogP) is 14.4. The molecule has 0 fully saturated rings. The van der Waals surface area contributed by atoms with Crippen molar-refractivity contribution in [2.75, 3.05) is 0 Å². The van der Waals surface area contributed by atoms with Gasteiger partial charge in [0, 0.05) is 36.3 Å². The molecule has 8 aromatic carbocycles. The van der Waals surface area contributed by atoms with E-state index in [1.807, 2.05) is 11.3 Å². The Hall–Kier alpha value is -5.96. The lowest BCUT2D eigenvalue weighted by atomic mass is 9.90. The third-order valence-electron chi connectivity index (χ3n) is 11.7. The summed E-state index contributed by atoms with van der Waals surface area (Å²) in [7, 11) is 0. The van der Waals surface area contributed by atoms with Crippen molar-refractivity contribution in [1.82, 2.24) is 4.40 Å². The van der Waals surface area contributed by atoms with Crippen LogP contribution in [0.3, 0.4) is 0 Å². The molecule has 0 bridgehead atoms. The van der Waals surface area contributed by atoms with Gasteiger partial charge < -0.3 is 4.40 Å². The van der Waals surface area contributed by atoms with Gasteiger partial charge in [0.1, 0.15) is 0 Å². The highest BCUT2D eigenvalue weighted by atomic mass is 32.1. The minimum absolute atomic E-state index is 0.524. The number of thiophene rings is 1. The van der Waals surface area contributed by atoms with Crippen molar-refractivity contribution < 1.29 is 0 Å². The molecule has 238 valence electrons. The third-order valence-corrected chi connectivity index (χ3v) is 13.0. The highest BCUT2D eigenvalue weighted by molar-refractivity contribution is 7.26. The molecule has 3 heterocycles. The summed E-state index contributed by atoms with van der Waals surface area (Å²) in [6.45, 7) is 2.37. The molecular formula is C49H31NS. The molecule has 0 amide bonds. The first-order chi connectivity index (χ1) is 25.2. The largest absolute Gasteiger partial charge is 0.308 e. The second-order valence-electron chi connectivity index (χ2n) is 14.4. The lowest BCUT2D eigenvalue weighted by Crippen LogP contribution is -1.99. The zero-order valence-electron chi connectivity index (χ0n) is 28.1. The van der Waals surface area contributed by atoms with Crippen LogP contribution in [0.4, 0.5) is 0 Å². The molecule has 1 aliphatic carbocycles. The number of rotatable bonds is 2. The summed E-state index contributed by atoms with van der Waals surface area (Å²) in [6.07, 6.45) is 5.81. The lowest BCUT2D eigenvalue weighted by Gasteiger charge is -2.15. The van der Waals surface area contributed by atoms with Gasteiger partial charge in [-0.1, -0.05) is 140 Å². The monoisotopic (exact) mass is 665 g/mol. The highest BCUT2D eigenvalue weighted by Gasteiger charge is 2.25. The maximum atomic E-state index is 2.54. The molecule has 11 aromatic rings. The van der Waals surface area contributed by atoms with Gasteiger partial charge in [0.05, 0.1) is 16.7 Å². The number of fused-ring (bicyclic) bond motifs is 15. The summed E-state index contributed by atoms with van der Waals surface area (Å²) in [4.78, 5) is 0. The fourth-order valence-electron chi connectivity index (χ4n) is 9.49. The Kier molecular flexibility index (Phi) is 5.49. The van der Waals surface area contributed by atoms with Gasteiger partial charge in [0.15, 0.2) is 0 Å². The van der Waals surface area contributed by atoms with Crippen molar-refractivity contribution in [3.63, 3.8) is 0 Å². The number of hydrogen-bond donors (Lipinski definition) is 0. The van der Waals surface area contributed by atoms with Crippen LogP contribution in [0.15, 0.2) is 146 Å². The van der Waals surface area contributed by atoms with Gasteiger partial charge in [0.25, 0.3) is 0 Å². The van der Waals surface area contributed by atoms with E-state index in [1.54, 1.807) is 0 Å². The van der Waals surface area contributed by atoms with Crippen LogP contribution in [-0.2, 0) is 0 Å². The highest BCUT2D eigenvalue weighted by Crippen LogP contribution is 2.47. The molecule has 12 rings (SSSR count). The van der Waals surface area contributed by atoms with Crippen LogP contribution in [0.1, 0.15) is 30.5 Å². The predicted molar refractivity (Wildman–Crippen MR) is 222 cm³/mol. The molecule has 0 radical (unpaired) electrons. The first-order valence-corrected chi connectivity index (χ1v) is 18.8. The zero-order valence-corrected chi connectivity index (χ0v) is 28.9. The summed E-state index contributed by atoms with van der Waals surface area (Å²) in [5.41, 5.74) is 10.7. The minimum atomic E-state index is 0.524. The SMILES string of the molecule is CC1CC=Cc2c1c1cccc3c4ccc(-c5cccc6c5sc5c(-c7ccc8c9ccccc9c9ccccc9c8c7)cccc56)cc4n2c13. The Bertz CT molecular complexity index is 3260. The van der Waals surface area contributed by atoms with Crippen molar-refractivity contribution in [3.05, 3.63) is 157 Å². The maximum absolute atomic E-state index is 2.54. The van der Waals surface area contributed by atoms with E-state index in [-0.39, 0.29) is 0 Å². The average molecular weight is 666 g/mol. The molecule has 1 unspecified atom stereocenters. The number of allylic oxidation sites excluding steroid dienone is 1. The van der Waals surface area contributed by atoms with Crippen LogP contribution in [0, 0.1) is 0 Å². The van der Waals surface area contributed by atoms with Crippen LogP contribution in [0.5, 0.6) is 0 Å². The number of nitrogens with zero attached hydrogens (tertiary/aromatic N) is 1. The Morgan fingerprint density at radius 2 is 1.02 bits per heavy atom. The standard InChI is InChI=1S/C49H31NS/c1-28-10-6-21-44-46(28)42-20-9-17-39-38-25-23-30(27-45(38)50(44)47(39)42)32-16-8-19-41-40-18-7-15-31(48(40)51-49(32)41)29-22-24-37-35-13-3-2-11-33(35)34-12-4-5-14-36(34)43(37)26-29/h2-9,11-28H,10H2,1H3. The van der Waals surface area contributed by atoms with Crippen molar-refractivity contribution in [1.29, 1.82) is 0 Å². The van der Waals surface area contributed by atoms with Crippen LogP contribution >= 0.6 is 11.3 Å². The summed E-state index contributed by atoms with van der Waals surface area (Å²) < 4.78 is 5.24. The number of benzene rings is 8. The third kappa shape index (κ3) is 3.65. The molecule has 0 N–H and O–H groups in total. The van der Waals surface area contributed by atoms with E-state index in [1.165, 1.54) is 113 Å². The van der Waals surface area contributed by atoms with E-state index in [0.717, 1.165) is 6.42 Å². The normalized spacial score (nSPS) is 14.8. The van der Waals surface area contributed by atoms with Gasteiger partial charge in [0.2, 0.25) is 0 Å². The molecule has 1 atom stereocenters. The number of hydrogen-bond acceptors (Lipinski definition) is 1. The zero-order chi connectivity index (χ0) is 33.4. The molecule has 51 heavy (non-hydrogen) atoms. The van der Waals surface area contributed by atoms with Gasteiger partial charge in [-0.3, -0.25) is 0 Å². The minimum Gasteiger partial charge on any atom is -0.308 e. The van der Waals surface area contributed by atoms with E-state index in [0.29, 0.717) is 5.92 Å². The molecular weight excluding hydrogens is 635 g/mol. The van der Waals surface area contributed by atoms with Gasteiger partial charge in [-0.25, -0.2) is 0 Å². The van der Waals surface area contributed by atoms with Crippen molar-refractivity contribution in [2.24, 2.45) is 0 Å². The molecule has 3 aromatic heterocycles. The Labute approximate surface area is 298 Å². The first kappa shape index (κ1) is 27.8. The van der Waals surface area contributed by atoms with Crippen LogP contribution < -0.4 is 0 Å². The number of aromatic nitrogens is 1. The van der Waals surface area contributed by atoms with Crippen LogP contribution in [0.25, 0.3) is 108 Å². The Morgan fingerprint density at radius 1 is 0.490 bits per heavy atom. The Morgan fingerprint density at radius 3 is 1.71 bits per heavy atom. The van der Waals surface area contributed by atoms with Crippen molar-refractivity contribution in [3.8, 4) is 22.3 Å². The molecule has 2 heteroatoms. The van der Waals surface area contributed by atoms with E-state index in [2.05, 4.69) is 163 Å². The molecule has 1 nitrogen and oxygen atoms in total. The van der Waals surface area contributed by atoms with Crippen LogP contribution in [-0.4, -0.2) is 4.40 Å². The summed E-state index contributed by atoms with van der Waals surface area (Å²) >= 11 is 1.94. The lowest BCUT2D eigenvalue weighted by molar-refractivity contribution is 0.775. The van der Waals surface area contributed by atoms with E-state index >= 15 is 0 Å². The Balaban J connectivity index is 1.08. The first-order valence-electron chi connectivity index (χ1n) is 18.0. The van der Waals surface area contributed by atoms with Gasteiger partial charge >= 0.3 is 0 Å². The van der Waals surface area contributed by atoms with E-state index in [4.69, 9.17) is 0 Å². The fraction of sp³-hybridized carbons (Fsp3) is 0.0612. The van der Waals surface area contributed by atoms with E-state index in [9.17, 15) is 0 Å². The summed E-state index contributed by atoms with van der Waals surface area (Å²) in [6, 6.07) is 52.5. The average Bonchev–Trinajstić information content (AvgIpc) is 3.85. The maximum Gasteiger partial charge on any atom is 0.0617 e. The van der Waals surface area contributed by atoms with Crippen molar-refractivity contribution >= 4 is 97.1 Å². The van der Waals surface area contributed by atoms with Gasteiger partial charge in [-0.2, -0.15) is 0 Å². The molecule has 0 saturated heterocycles. The molecule has 0 spiro atoms. The van der Waals surface area contributed by atoms with Crippen LogP contribution in [0.2, 0.25) is 0 Å². The van der Waals surface area contributed by atoms with Gasteiger partial charge in [-0.05, 0) is 90.7 Å². The molecule has 0 aliphatic heterocycles. The summed E-state index contributed by atoms with van der Waals surface area (Å²) in [5, 5.41) is 14.6. The quantitative estimate of drug-likeness (QED) is 0.162. The molecule has 0 saturated carbocycles. The fourth-order valence-corrected chi connectivity index (χ4v) is 10.9. The summed E-state index contributed by atoms with van der Waals surface area (Å²) in [5.74, 6) is 0.524. The second-order valence-corrected chi connectivity index (χ2v) is 15.4. The van der Waals surface area contributed by atoms with Crippen molar-refractivity contribution in [2.45, 2.75) is 19.3 Å². The molecule has 1 aliphatic rings. The smallest absolute Gasteiger partial charge is 0.0617 e. The topological polar surface area (TPSA) is 4.41 Å². The van der Waals surface area contributed by atoms with E-state index < -0.39 is 0 Å².